The molecule has 1 N–H and O–H groups in total. The van der Waals surface area contributed by atoms with Gasteiger partial charge >= 0.3 is 0 Å². The van der Waals surface area contributed by atoms with E-state index in [1.807, 2.05) is 6.92 Å². The fourth-order valence-electron chi connectivity index (χ4n) is 3.79. The van der Waals surface area contributed by atoms with Crippen molar-refractivity contribution in [2.75, 3.05) is 0 Å². The fraction of sp³-hybridized carbons (Fsp3) is 0.800. The Morgan fingerprint density at radius 2 is 1.75 bits per heavy atom. The number of ether oxygens (including phenoxy) is 1. The maximum atomic E-state index is 10.3. The van der Waals surface area contributed by atoms with Crippen LogP contribution in [0.2, 0.25) is 0 Å². The minimum absolute atomic E-state index is 0.145. The first kappa shape index (κ1) is 20.7. The smallest absolute Gasteiger partial charge is 0.0845 e. The van der Waals surface area contributed by atoms with Crippen LogP contribution in [0.15, 0.2) is 23.8 Å². The Kier molecular flexibility index (Phi) is 6.49. The summed E-state index contributed by atoms with van der Waals surface area (Å²) in [7, 11) is 0. The second kappa shape index (κ2) is 7.54. The van der Waals surface area contributed by atoms with Gasteiger partial charge < -0.3 is 9.84 Å². The third kappa shape index (κ3) is 4.96. The lowest BCUT2D eigenvalue weighted by atomic mass is 9.77. The first-order valence-electron chi connectivity index (χ1n) is 9.02. The van der Waals surface area contributed by atoms with E-state index in [2.05, 4.69) is 77.8 Å². The van der Waals surface area contributed by atoms with Crippen LogP contribution in [0.5, 0.6) is 0 Å². The molecule has 2 rings (SSSR count). The Morgan fingerprint density at radius 1 is 1.08 bits per heavy atom. The van der Waals surface area contributed by atoms with E-state index in [-0.39, 0.29) is 16.0 Å². The average molecular weight is 464 g/mol. The number of aliphatic hydroxyl groups is 1. The number of allylic oxidation sites excluding steroid dienone is 3. The topological polar surface area (TPSA) is 29.5 Å². The minimum atomic E-state index is -0.576. The van der Waals surface area contributed by atoms with Crippen LogP contribution < -0.4 is 0 Å². The van der Waals surface area contributed by atoms with E-state index >= 15 is 0 Å². The zero-order chi connectivity index (χ0) is 18.2. The first-order valence-corrected chi connectivity index (χ1v) is 10.8. The Morgan fingerprint density at radius 3 is 2.33 bits per heavy atom. The molecule has 0 amide bonds. The van der Waals surface area contributed by atoms with E-state index in [1.54, 1.807) is 0 Å². The van der Waals surface area contributed by atoms with Gasteiger partial charge in [0.15, 0.2) is 0 Å². The summed E-state index contributed by atoms with van der Waals surface area (Å²) in [5.74, 6) is 0.544. The molecule has 0 spiro atoms. The molecular weight excluding hydrogens is 432 g/mol. The molecule has 4 heteroatoms. The Labute approximate surface area is 164 Å². The monoisotopic (exact) mass is 462 g/mol. The van der Waals surface area contributed by atoms with Crippen molar-refractivity contribution in [1.82, 2.24) is 0 Å². The van der Waals surface area contributed by atoms with E-state index in [0.717, 1.165) is 32.1 Å². The molecule has 2 fully saturated rings. The van der Waals surface area contributed by atoms with Crippen LogP contribution in [0.1, 0.15) is 66.7 Å². The molecule has 0 unspecified atom stereocenters. The quantitative estimate of drug-likeness (QED) is 0.416. The highest BCUT2D eigenvalue weighted by molar-refractivity contribution is 9.09. The molecule has 0 radical (unpaired) electrons. The standard InChI is InChI=1S/C20H32Br2O2/c1-14(15-8-12-20(5,23)17(22)13-15)7-6-10-19(4)11-9-16(21)18(2,3)24-19/h6-7,10,15-17,23H,8-9,11-13H2,1-5H3/b10-6+,14-7+/t15-,16-,17-,19-,20+/m0/s1. The molecule has 1 heterocycles. The molecule has 0 aromatic rings. The summed E-state index contributed by atoms with van der Waals surface area (Å²) >= 11 is 7.39. The van der Waals surface area contributed by atoms with Crippen LogP contribution in [-0.4, -0.2) is 31.6 Å². The molecule has 24 heavy (non-hydrogen) atoms. The lowest BCUT2D eigenvalue weighted by Gasteiger charge is -2.45. The molecule has 2 nitrogen and oxygen atoms in total. The van der Waals surface area contributed by atoms with Crippen molar-refractivity contribution in [2.24, 2.45) is 5.92 Å². The summed E-state index contributed by atoms with van der Waals surface area (Å²) in [4.78, 5) is 0.585. The van der Waals surface area contributed by atoms with Crippen LogP contribution in [0.3, 0.4) is 0 Å². The van der Waals surface area contributed by atoms with Crippen LogP contribution >= 0.6 is 31.9 Å². The van der Waals surface area contributed by atoms with Crippen LogP contribution in [-0.2, 0) is 4.74 Å². The molecule has 0 aromatic carbocycles. The molecule has 138 valence electrons. The van der Waals surface area contributed by atoms with E-state index in [4.69, 9.17) is 4.74 Å². The minimum Gasteiger partial charge on any atom is -0.389 e. The highest BCUT2D eigenvalue weighted by atomic mass is 79.9. The van der Waals surface area contributed by atoms with Gasteiger partial charge in [0.25, 0.3) is 0 Å². The van der Waals surface area contributed by atoms with Crippen LogP contribution in [0.4, 0.5) is 0 Å². The van der Waals surface area contributed by atoms with Crippen LogP contribution in [0.25, 0.3) is 0 Å². The van der Waals surface area contributed by atoms with Gasteiger partial charge in [-0.15, -0.1) is 0 Å². The lowest BCUT2D eigenvalue weighted by Crippen LogP contribution is -2.48. The summed E-state index contributed by atoms with van der Waals surface area (Å²) < 4.78 is 6.34. The maximum absolute atomic E-state index is 10.3. The van der Waals surface area contributed by atoms with Gasteiger partial charge in [0.05, 0.1) is 16.8 Å². The maximum Gasteiger partial charge on any atom is 0.0845 e. The van der Waals surface area contributed by atoms with Gasteiger partial charge in [-0.1, -0.05) is 55.7 Å². The van der Waals surface area contributed by atoms with Crippen LogP contribution in [0, 0.1) is 5.92 Å². The van der Waals surface area contributed by atoms with Gasteiger partial charge in [-0.3, -0.25) is 0 Å². The van der Waals surface area contributed by atoms with Crippen molar-refractivity contribution < 1.29 is 9.84 Å². The summed E-state index contributed by atoms with van der Waals surface area (Å²) in [5.41, 5.74) is 0.476. The van der Waals surface area contributed by atoms with Gasteiger partial charge in [-0.05, 0) is 72.6 Å². The van der Waals surface area contributed by atoms with E-state index in [1.165, 1.54) is 5.57 Å². The molecule has 0 bridgehead atoms. The van der Waals surface area contributed by atoms with E-state index in [0.29, 0.717) is 10.7 Å². The molecule has 1 saturated heterocycles. The SMILES string of the molecule is C/C(=C\C=C\[C@@]1(C)CC[C@H](Br)C(C)(C)O1)[C@H]1CC[C@@](C)(O)[C@@H](Br)C1. The molecule has 1 aliphatic carbocycles. The van der Waals surface area contributed by atoms with E-state index < -0.39 is 5.60 Å². The Bertz CT molecular complexity index is 510. The van der Waals surface area contributed by atoms with Crippen molar-refractivity contribution in [2.45, 2.75) is 93.2 Å². The third-order valence-corrected chi connectivity index (χ3v) is 8.68. The van der Waals surface area contributed by atoms with Gasteiger partial charge in [-0.25, -0.2) is 0 Å². The Balaban J connectivity index is 1.98. The number of rotatable bonds is 3. The first-order chi connectivity index (χ1) is 11.0. The highest BCUT2D eigenvalue weighted by Gasteiger charge is 2.41. The van der Waals surface area contributed by atoms with Gasteiger partial charge in [-0.2, -0.15) is 0 Å². The van der Waals surface area contributed by atoms with Crippen molar-refractivity contribution in [3.8, 4) is 0 Å². The average Bonchev–Trinajstić information content (AvgIpc) is 2.46. The number of halogens is 2. The number of alkyl halides is 2. The Hall–Kier alpha value is 0.360. The van der Waals surface area contributed by atoms with Crippen molar-refractivity contribution in [3.05, 3.63) is 23.8 Å². The molecule has 1 aliphatic heterocycles. The number of hydrogen-bond acceptors (Lipinski definition) is 2. The number of hydrogen-bond donors (Lipinski definition) is 1. The van der Waals surface area contributed by atoms with Crippen molar-refractivity contribution >= 4 is 31.9 Å². The zero-order valence-corrected chi connectivity index (χ0v) is 18.8. The largest absolute Gasteiger partial charge is 0.389 e. The van der Waals surface area contributed by atoms with Gasteiger partial charge in [0.1, 0.15) is 0 Å². The van der Waals surface area contributed by atoms with Crippen molar-refractivity contribution in [3.63, 3.8) is 0 Å². The zero-order valence-electron chi connectivity index (χ0n) is 15.6. The molecular formula is C20H32Br2O2. The van der Waals surface area contributed by atoms with Crippen molar-refractivity contribution in [1.29, 1.82) is 0 Å². The fourth-order valence-corrected chi connectivity index (χ4v) is 4.79. The summed E-state index contributed by atoms with van der Waals surface area (Å²) in [6.07, 6.45) is 11.7. The predicted molar refractivity (Wildman–Crippen MR) is 109 cm³/mol. The summed E-state index contributed by atoms with van der Waals surface area (Å²) in [6, 6.07) is 0. The summed E-state index contributed by atoms with van der Waals surface area (Å²) in [5, 5.41) is 10.3. The van der Waals surface area contributed by atoms with E-state index in [9.17, 15) is 5.11 Å². The lowest BCUT2D eigenvalue weighted by molar-refractivity contribution is -0.134. The molecule has 5 atom stereocenters. The molecule has 2 aliphatic rings. The second-order valence-electron chi connectivity index (χ2n) is 8.59. The third-order valence-electron chi connectivity index (χ3n) is 5.76. The van der Waals surface area contributed by atoms with Gasteiger partial charge in [0, 0.05) is 9.65 Å². The summed E-state index contributed by atoms with van der Waals surface area (Å²) in [6.45, 7) is 10.6. The second-order valence-corrected chi connectivity index (χ2v) is 10.8. The normalized spacial score (nSPS) is 44.0. The molecule has 0 aromatic heterocycles. The van der Waals surface area contributed by atoms with Gasteiger partial charge in [0.2, 0.25) is 0 Å². The molecule has 1 saturated carbocycles. The highest BCUT2D eigenvalue weighted by Crippen LogP contribution is 2.41. The predicted octanol–water partition coefficient (Wildman–Crippen LogP) is 5.91.